The van der Waals surface area contributed by atoms with Crippen molar-refractivity contribution in [3.05, 3.63) is 118 Å². The van der Waals surface area contributed by atoms with Crippen molar-refractivity contribution < 1.29 is 12.3 Å². The van der Waals surface area contributed by atoms with Crippen LogP contribution in [-0.4, -0.2) is 0 Å². The maximum Gasteiger partial charge on any atom is 0.0633 e. The third kappa shape index (κ3) is 5.40. The second kappa shape index (κ2) is 10.8. The fourth-order valence-electron chi connectivity index (χ4n) is 7.67. The summed E-state index contributed by atoms with van der Waals surface area (Å²) in [5.41, 5.74) is 1.78. The first-order chi connectivity index (χ1) is 27.5. The van der Waals surface area contributed by atoms with Crippen LogP contribution in [0.4, 0.5) is 0 Å². The van der Waals surface area contributed by atoms with Crippen molar-refractivity contribution in [1.29, 1.82) is 0 Å². The molecule has 0 spiro atoms. The van der Waals surface area contributed by atoms with Crippen molar-refractivity contribution in [2.75, 3.05) is 0 Å². The minimum Gasteiger partial charge on any atom is -0.0561 e. The zero-order valence-electron chi connectivity index (χ0n) is 41.5. The molecule has 0 bridgehead atoms. The normalized spacial score (nSPS) is 16.8. The van der Waals surface area contributed by atoms with Gasteiger partial charge in [0.05, 0.1) is 12.3 Å². The summed E-state index contributed by atoms with van der Waals surface area (Å²) in [6, 6.07) is 12.1. The summed E-state index contributed by atoms with van der Waals surface area (Å²) in [7, 11) is 0. The summed E-state index contributed by atoms with van der Waals surface area (Å²) in [5.74, 6) is 0. The average Bonchev–Trinajstić information content (AvgIpc) is 3.11. The average molecular weight is 676 g/mol. The molecule has 0 N–H and O–H groups in total. The molecule has 0 unspecified atom stereocenters. The van der Waals surface area contributed by atoms with Gasteiger partial charge in [0.1, 0.15) is 0 Å². The maximum absolute atomic E-state index is 10.1. The molecule has 0 heteroatoms. The molecule has 0 radical (unpaired) electrons. The van der Waals surface area contributed by atoms with Crippen molar-refractivity contribution in [3.63, 3.8) is 0 Å². The molecule has 8 aromatic rings. The summed E-state index contributed by atoms with van der Waals surface area (Å²) in [6.45, 7) is 26.0. The lowest BCUT2D eigenvalue weighted by Gasteiger charge is -2.26. The SMILES string of the molecule is [2H]/C(=C(/[2H])c1cc2c([2H])c(C(C)(C)C)c([2H])c3ccc4c(C)c(C(C)(C)C)c([2H])c1c4c32)c1cc2c([2H])c(C(C)(C)C)c([2H])c3ccc4c([2H])c(C(C)(C)C)c([2H])c1c4c32. The standard InChI is InChI=1S/C51H54/c1-29-40-19-18-33-23-38(49(5,6)7)26-36-21-31(42(47(40)45(33)36)28-43(29)51(11,12)13)15-14-30-20-35-25-37(48(2,3)4)22-32-16-17-34-24-39(50(8,9)10)27-41(30)46(34)44(32)35/h14-28H,1-13H3/b15-14+/i14D,15D,22D,23D,24D,25D,26D,27D,28D. The third-order valence-electron chi connectivity index (χ3n) is 10.5. The Bertz CT molecular complexity index is 3000. The van der Waals surface area contributed by atoms with Gasteiger partial charge < -0.3 is 0 Å². The minimum absolute atomic E-state index is 0.0767. The molecular formula is C51H54. The molecule has 0 fully saturated rings. The van der Waals surface area contributed by atoms with Gasteiger partial charge in [0, 0.05) is 0 Å². The molecule has 51 heavy (non-hydrogen) atoms. The molecule has 8 aromatic carbocycles. The van der Waals surface area contributed by atoms with Gasteiger partial charge in [0.15, 0.2) is 0 Å². The van der Waals surface area contributed by atoms with E-state index < -0.39 is 21.7 Å². The van der Waals surface area contributed by atoms with E-state index in [4.69, 9.17) is 0 Å². The van der Waals surface area contributed by atoms with Gasteiger partial charge in [0.25, 0.3) is 0 Å². The highest BCUT2D eigenvalue weighted by atomic mass is 14.3. The van der Waals surface area contributed by atoms with Crippen LogP contribution in [0.25, 0.3) is 76.7 Å². The van der Waals surface area contributed by atoms with E-state index in [1.54, 1.807) is 12.1 Å². The molecule has 0 atom stereocenters. The first-order valence-electron chi connectivity index (χ1n) is 22.7. The molecule has 0 aromatic heterocycles. The van der Waals surface area contributed by atoms with Gasteiger partial charge in [-0.2, -0.15) is 0 Å². The number of hydrogen-bond acceptors (Lipinski definition) is 0. The second-order valence-electron chi connectivity index (χ2n) is 18.8. The van der Waals surface area contributed by atoms with Crippen molar-refractivity contribution in [2.24, 2.45) is 0 Å². The van der Waals surface area contributed by atoms with Crippen LogP contribution < -0.4 is 0 Å². The Balaban J connectivity index is 1.65. The van der Waals surface area contributed by atoms with E-state index in [1.165, 1.54) is 0 Å². The van der Waals surface area contributed by atoms with Gasteiger partial charge in [-0.25, -0.2) is 0 Å². The zero-order valence-corrected chi connectivity index (χ0v) is 32.5. The monoisotopic (exact) mass is 675 g/mol. The maximum atomic E-state index is 10.1. The van der Waals surface area contributed by atoms with Crippen molar-refractivity contribution in [1.82, 2.24) is 0 Å². The van der Waals surface area contributed by atoms with Gasteiger partial charge in [-0.3, -0.25) is 0 Å². The fourth-order valence-corrected chi connectivity index (χ4v) is 7.67. The van der Waals surface area contributed by atoms with Crippen molar-refractivity contribution in [2.45, 2.75) is 112 Å². The summed E-state index contributed by atoms with van der Waals surface area (Å²) in [4.78, 5) is 0. The van der Waals surface area contributed by atoms with Crippen LogP contribution in [-0.2, 0) is 21.7 Å². The van der Waals surface area contributed by atoms with Crippen LogP contribution in [0.15, 0.2) is 78.7 Å². The highest BCUT2D eigenvalue weighted by Gasteiger charge is 2.24. The molecule has 0 aliphatic rings. The lowest BCUT2D eigenvalue weighted by Crippen LogP contribution is -2.14. The number of hydrogen-bond donors (Lipinski definition) is 0. The Morgan fingerprint density at radius 1 is 0.431 bits per heavy atom. The highest BCUT2D eigenvalue weighted by molar-refractivity contribution is 6.27. The van der Waals surface area contributed by atoms with Crippen LogP contribution in [0.5, 0.6) is 0 Å². The van der Waals surface area contributed by atoms with Crippen LogP contribution in [0.3, 0.4) is 0 Å². The minimum atomic E-state index is -0.622. The summed E-state index contributed by atoms with van der Waals surface area (Å²) in [5, 5.41) is 7.20. The predicted octanol–water partition coefficient (Wildman–Crippen LogP) is 15.2. The topological polar surface area (TPSA) is 0 Å². The summed E-state index contributed by atoms with van der Waals surface area (Å²) < 4.78 is 87.5. The molecule has 0 aliphatic carbocycles. The van der Waals surface area contributed by atoms with E-state index in [0.29, 0.717) is 81.5 Å². The molecule has 0 heterocycles. The molecule has 8 rings (SSSR count). The first-order valence-corrected chi connectivity index (χ1v) is 18.2. The smallest absolute Gasteiger partial charge is 0.0561 e. The van der Waals surface area contributed by atoms with E-state index in [9.17, 15) is 12.3 Å². The zero-order chi connectivity index (χ0) is 44.4. The molecule has 258 valence electrons. The fraction of sp³-hybridized carbons (Fsp3) is 0.333. The molecule has 0 aliphatic heterocycles. The Morgan fingerprint density at radius 2 is 0.824 bits per heavy atom. The Labute approximate surface area is 317 Å². The number of aryl methyl sites for hydroxylation is 1. The number of rotatable bonds is 2. The van der Waals surface area contributed by atoms with E-state index in [2.05, 4.69) is 20.8 Å². The van der Waals surface area contributed by atoms with Gasteiger partial charge in [-0.15, -0.1) is 0 Å². The van der Waals surface area contributed by atoms with Crippen molar-refractivity contribution in [3.8, 4) is 0 Å². The lowest BCUT2D eigenvalue weighted by molar-refractivity contribution is 0.588. The highest BCUT2D eigenvalue weighted by Crippen LogP contribution is 2.45. The molecular weight excluding hydrogens is 613 g/mol. The molecule has 0 saturated carbocycles. The molecule has 0 amide bonds. The van der Waals surface area contributed by atoms with E-state index in [-0.39, 0.29) is 60.0 Å². The lowest BCUT2D eigenvalue weighted by atomic mass is 9.78. The Morgan fingerprint density at radius 3 is 1.29 bits per heavy atom. The summed E-state index contributed by atoms with van der Waals surface area (Å²) >= 11 is 0. The van der Waals surface area contributed by atoms with Crippen LogP contribution >= 0.6 is 0 Å². The van der Waals surface area contributed by atoms with Crippen molar-refractivity contribution >= 4 is 76.7 Å². The third-order valence-corrected chi connectivity index (χ3v) is 10.5. The largest absolute Gasteiger partial charge is 0.0633 e. The Hall–Kier alpha value is -4.42. The van der Waals surface area contributed by atoms with Gasteiger partial charge in [-0.1, -0.05) is 150 Å². The van der Waals surface area contributed by atoms with Gasteiger partial charge in [0.2, 0.25) is 0 Å². The molecule has 0 nitrogen and oxygen atoms in total. The van der Waals surface area contributed by atoms with Gasteiger partial charge >= 0.3 is 0 Å². The second-order valence-corrected chi connectivity index (χ2v) is 18.8. The van der Waals surface area contributed by atoms with E-state index in [0.717, 1.165) is 16.5 Å². The quantitative estimate of drug-likeness (QED) is 0.126. The Kier molecular flexibility index (Phi) is 5.23. The van der Waals surface area contributed by atoms with E-state index in [1.807, 2.05) is 93.5 Å². The molecule has 0 saturated heterocycles. The predicted molar refractivity (Wildman–Crippen MR) is 229 cm³/mol. The summed E-state index contributed by atoms with van der Waals surface area (Å²) in [6.07, 6.45) is 0. The van der Waals surface area contributed by atoms with Crippen LogP contribution in [0, 0.1) is 6.92 Å². The first kappa shape index (κ1) is 24.7. The van der Waals surface area contributed by atoms with Crippen LogP contribution in [0.1, 0.15) is 134 Å². The van der Waals surface area contributed by atoms with Crippen LogP contribution in [0.2, 0.25) is 0 Å². The van der Waals surface area contributed by atoms with E-state index >= 15 is 0 Å². The number of benzene rings is 8. The van der Waals surface area contributed by atoms with Gasteiger partial charge in [-0.05, 0) is 156 Å².